The van der Waals surface area contributed by atoms with Crippen LogP contribution in [0.15, 0.2) is 30.3 Å². The minimum Gasteiger partial charge on any atom is -0.424 e. The summed E-state index contributed by atoms with van der Waals surface area (Å²) in [6.45, 7) is 5.93. The van der Waals surface area contributed by atoms with Crippen LogP contribution in [0, 0.1) is 20.8 Å². The summed E-state index contributed by atoms with van der Waals surface area (Å²) in [5.41, 5.74) is 3.03. The first-order valence-corrected chi connectivity index (χ1v) is 5.21. The molecule has 16 heavy (non-hydrogen) atoms. The monoisotopic (exact) mass is 214 g/mol. The summed E-state index contributed by atoms with van der Waals surface area (Å²) in [5.74, 6) is 0.755. The van der Waals surface area contributed by atoms with E-state index in [0.717, 1.165) is 22.7 Å². The molecule has 82 valence electrons. The van der Waals surface area contributed by atoms with Gasteiger partial charge >= 0.3 is 6.01 Å². The van der Waals surface area contributed by atoms with Gasteiger partial charge in [-0.3, -0.25) is 0 Å². The van der Waals surface area contributed by atoms with Gasteiger partial charge in [0.15, 0.2) is 0 Å². The van der Waals surface area contributed by atoms with E-state index in [9.17, 15) is 0 Å². The summed E-state index contributed by atoms with van der Waals surface area (Å²) in [6, 6.07) is 9.96. The molecule has 0 N–H and O–H groups in total. The Bertz CT molecular complexity index is 472. The molecule has 0 saturated heterocycles. The lowest BCUT2D eigenvalue weighted by atomic mass is 10.2. The van der Waals surface area contributed by atoms with E-state index in [1.54, 1.807) is 0 Å². The third-order valence-corrected chi connectivity index (χ3v) is 2.56. The fraction of sp³-hybridized carbons (Fsp3) is 0.231. The molecule has 0 atom stereocenters. The molecule has 0 radical (unpaired) electrons. The van der Waals surface area contributed by atoms with E-state index in [4.69, 9.17) is 4.74 Å². The number of aryl methyl sites for hydroxylation is 2. The SMILES string of the molecule is Cc1nc(Oc2ccccc2)nc(C)c1C. The van der Waals surface area contributed by atoms with Crippen molar-refractivity contribution >= 4 is 0 Å². The Morgan fingerprint density at radius 1 is 0.875 bits per heavy atom. The molecule has 0 unspecified atom stereocenters. The zero-order valence-corrected chi connectivity index (χ0v) is 9.69. The Balaban J connectivity index is 2.29. The molecular weight excluding hydrogens is 200 g/mol. The zero-order chi connectivity index (χ0) is 11.5. The van der Waals surface area contributed by atoms with Gasteiger partial charge in [0.1, 0.15) is 5.75 Å². The van der Waals surface area contributed by atoms with E-state index in [-0.39, 0.29) is 0 Å². The van der Waals surface area contributed by atoms with Crippen LogP contribution in [0.1, 0.15) is 17.0 Å². The van der Waals surface area contributed by atoms with E-state index in [2.05, 4.69) is 9.97 Å². The normalized spacial score (nSPS) is 10.2. The van der Waals surface area contributed by atoms with Gasteiger partial charge < -0.3 is 4.74 Å². The van der Waals surface area contributed by atoms with Gasteiger partial charge in [-0.25, -0.2) is 0 Å². The summed E-state index contributed by atoms with van der Waals surface area (Å²) in [6.07, 6.45) is 0. The maximum atomic E-state index is 5.57. The van der Waals surface area contributed by atoms with Crippen molar-refractivity contribution in [3.05, 3.63) is 47.3 Å². The average molecular weight is 214 g/mol. The van der Waals surface area contributed by atoms with E-state index >= 15 is 0 Å². The van der Waals surface area contributed by atoms with Crippen LogP contribution < -0.4 is 4.74 Å². The van der Waals surface area contributed by atoms with E-state index in [1.165, 1.54) is 0 Å². The van der Waals surface area contributed by atoms with Gasteiger partial charge in [-0.2, -0.15) is 9.97 Å². The first-order chi connectivity index (χ1) is 7.66. The average Bonchev–Trinajstić information content (AvgIpc) is 2.27. The number of nitrogens with zero attached hydrogens (tertiary/aromatic N) is 2. The number of benzene rings is 1. The Morgan fingerprint density at radius 2 is 1.44 bits per heavy atom. The molecular formula is C13H14N2O. The molecule has 1 aromatic carbocycles. The Labute approximate surface area is 95.1 Å². The van der Waals surface area contributed by atoms with Crippen LogP contribution in [-0.4, -0.2) is 9.97 Å². The van der Waals surface area contributed by atoms with Crippen molar-refractivity contribution in [2.24, 2.45) is 0 Å². The molecule has 0 aliphatic carbocycles. The number of para-hydroxylation sites is 1. The highest BCUT2D eigenvalue weighted by molar-refractivity contribution is 5.27. The zero-order valence-electron chi connectivity index (χ0n) is 9.69. The third kappa shape index (κ3) is 2.19. The van der Waals surface area contributed by atoms with Crippen molar-refractivity contribution in [2.45, 2.75) is 20.8 Å². The van der Waals surface area contributed by atoms with Gasteiger partial charge in [-0.15, -0.1) is 0 Å². The van der Waals surface area contributed by atoms with Gasteiger partial charge in [0.25, 0.3) is 0 Å². The van der Waals surface area contributed by atoms with Crippen molar-refractivity contribution in [1.82, 2.24) is 9.97 Å². The smallest absolute Gasteiger partial charge is 0.322 e. The molecule has 2 rings (SSSR count). The lowest BCUT2D eigenvalue weighted by Crippen LogP contribution is -1.99. The molecule has 0 amide bonds. The first-order valence-electron chi connectivity index (χ1n) is 5.21. The van der Waals surface area contributed by atoms with Crippen LogP contribution in [-0.2, 0) is 0 Å². The molecule has 0 aliphatic heterocycles. The molecule has 2 aromatic rings. The number of ether oxygens (including phenoxy) is 1. The predicted molar refractivity (Wildman–Crippen MR) is 62.8 cm³/mol. The number of aromatic nitrogens is 2. The van der Waals surface area contributed by atoms with Crippen molar-refractivity contribution < 1.29 is 4.74 Å². The minimum absolute atomic E-state index is 0.409. The standard InChI is InChI=1S/C13H14N2O/c1-9-10(2)14-13(15-11(9)3)16-12-7-5-4-6-8-12/h4-8H,1-3H3. The molecule has 0 spiro atoms. The van der Waals surface area contributed by atoms with Crippen LogP contribution in [0.2, 0.25) is 0 Å². The second-order valence-corrected chi connectivity index (χ2v) is 3.72. The Kier molecular flexibility index (Phi) is 2.86. The molecule has 1 aromatic heterocycles. The third-order valence-electron chi connectivity index (χ3n) is 2.56. The molecule has 0 saturated carbocycles. The maximum absolute atomic E-state index is 5.57. The summed E-state index contributed by atoms with van der Waals surface area (Å²) in [5, 5.41) is 0. The second-order valence-electron chi connectivity index (χ2n) is 3.72. The highest BCUT2D eigenvalue weighted by Crippen LogP contribution is 2.19. The highest BCUT2D eigenvalue weighted by atomic mass is 16.5. The van der Waals surface area contributed by atoms with Crippen LogP contribution >= 0.6 is 0 Å². The van der Waals surface area contributed by atoms with Crippen LogP contribution in [0.3, 0.4) is 0 Å². The lowest BCUT2D eigenvalue weighted by Gasteiger charge is -2.07. The Hall–Kier alpha value is -1.90. The van der Waals surface area contributed by atoms with Crippen molar-refractivity contribution in [1.29, 1.82) is 0 Å². The topological polar surface area (TPSA) is 35.0 Å². The number of hydrogen-bond acceptors (Lipinski definition) is 3. The molecule has 0 fully saturated rings. The molecule has 1 heterocycles. The highest BCUT2D eigenvalue weighted by Gasteiger charge is 2.05. The van der Waals surface area contributed by atoms with Gasteiger partial charge in [0.2, 0.25) is 0 Å². The minimum atomic E-state index is 0.409. The van der Waals surface area contributed by atoms with Crippen LogP contribution in [0.4, 0.5) is 0 Å². The van der Waals surface area contributed by atoms with E-state index in [1.807, 2.05) is 51.1 Å². The quantitative estimate of drug-likeness (QED) is 0.770. The van der Waals surface area contributed by atoms with Crippen LogP contribution in [0.5, 0.6) is 11.8 Å². The molecule has 0 bridgehead atoms. The number of rotatable bonds is 2. The van der Waals surface area contributed by atoms with Gasteiger partial charge in [0, 0.05) is 11.4 Å². The number of hydrogen-bond donors (Lipinski definition) is 0. The second kappa shape index (κ2) is 4.31. The van der Waals surface area contributed by atoms with E-state index in [0.29, 0.717) is 6.01 Å². The van der Waals surface area contributed by atoms with Crippen molar-refractivity contribution in [2.75, 3.05) is 0 Å². The maximum Gasteiger partial charge on any atom is 0.322 e. The van der Waals surface area contributed by atoms with Gasteiger partial charge in [-0.1, -0.05) is 18.2 Å². The van der Waals surface area contributed by atoms with Gasteiger partial charge in [-0.05, 0) is 38.5 Å². The van der Waals surface area contributed by atoms with Crippen molar-refractivity contribution in [3.63, 3.8) is 0 Å². The van der Waals surface area contributed by atoms with Crippen molar-refractivity contribution in [3.8, 4) is 11.8 Å². The fourth-order valence-corrected chi connectivity index (χ4v) is 1.38. The lowest BCUT2D eigenvalue weighted by molar-refractivity contribution is 0.438. The van der Waals surface area contributed by atoms with Gasteiger partial charge in [0.05, 0.1) is 0 Å². The molecule has 0 aliphatic rings. The summed E-state index contributed by atoms with van der Waals surface area (Å²) in [7, 11) is 0. The van der Waals surface area contributed by atoms with Crippen LogP contribution in [0.25, 0.3) is 0 Å². The largest absolute Gasteiger partial charge is 0.424 e. The predicted octanol–water partition coefficient (Wildman–Crippen LogP) is 3.19. The fourth-order valence-electron chi connectivity index (χ4n) is 1.38. The molecule has 3 nitrogen and oxygen atoms in total. The summed E-state index contributed by atoms with van der Waals surface area (Å²) < 4.78 is 5.57. The summed E-state index contributed by atoms with van der Waals surface area (Å²) >= 11 is 0. The molecule has 3 heteroatoms. The Morgan fingerprint density at radius 3 is 2.00 bits per heavy atom. The van der Waals surface area contributed by atoms with E-state index < -0.39 is 0 Å². The first kappa shape index (κ1) is 10.6. The summed E-state index contributed by atoms with van der Waals surface area (Å²) in [4.78, 5) is 8.59.